The van der Waals surface area contributed by atoms with Gasteiger partial charge >= 0.3 is 0 Å². The fourth-order valence-corrected chi connectivity index (χ4v) is 1.79. The summed E-state index contributed by atoms with van der Waals surface area (Å²) in [6, 6.07) is 14.0. The Labute approximate surface area is 102 Å². The number of hydrogen-bond acceptors (Lipinski definition) is 1. The monoisotopic (exact) mass is 222 g/mol. The summed E-state index contributed by atoms with van der Waals surface area (Å²) in [6.45, 7) is 2.06. The number of methoxy groups -OCH3 is 1. The van der Waals surface area contributed by atoms with Gasteiger partial charge in [-0.2, -0.15) is 0 Å². The highest BCUT2D eigenvalue weighted by Gasteiger charge is 2.03. The summed E-state index contributed by atoms with van der Waals surface area (Å²) in [6.07, 6.45) is 5.52. The molecular formula is C16H14O. The summed E-state index contributed by atoms with van der Waals surface area (Å²) in [5.41, 5.74) is 4.33. The molecule has 0 saturated carbocycles. The zero-order valence-corrected chi connectivity index (χ0v) is 10.0. The number of terminal acetylenes is 1. The summed E-state index contributed by atoms with van der Waals surface area (Å²) < 4.78 is 5.15. The van der Waals surface area contributed by atoms with Crippen molar-refractivity contribution in [3.05, 3.63) is 53.6 Å². The van der Waals surface area contributed by atoms with Gasteiger partial charge in [-0.15, -0.1) is 6.42 Å². The molecule has 2 aromatic rings. The summed E-state index contributed by atoms with van der Waals surface area (Å²) in [5.74, 6) is 3.57. The summed E-state index contributed by atoms with van der Waals surface area (Å²) in [7, 11) is 1.66. The predicted molar refractivity (Wildman–Crippen MR) is 71.1 cm³/mol. The Morgan fingerprint density at radius 3 is 2.35 bits per heavy atom. The Morgan fingerprint density at radius 1 is 1.06 bits per heavy atom. The van der Waals surface area contributed by atoms with Gasteiger partial charge in [-0.25, -0.2) is 0 Å². The first-order valence-electron chi connectivity index (χ1n) is 5.46. The van der Waals surface area contributed by atoms with Crippen LogP contribution in [0.15, 0.2) is 42.5 Å². The Hall–Kier alpha value is -2.20. The number of benzene rings is 2. The first-order valence-corrected chi connectivity index (χ1v) is 5.46. The molecule has 2 aromatic carbocycles. The van der Waals surface area contributed by atoms with Crippen molar-refractivity contribution in [2.24, 2.45) is 0 Å². The summed E-state index contributed by atoms with van der Waals surface area (Å²) in [4.78, 5) is 0. The Balaban J connectivity index is 2.52. The fraction of sp³-hybridized carbons (Fsp3) is 0.125. The van der Waals surface area contributed by atoms with Gasteiger partial charge in [0.15, 0.2) is 0 Å². The van der Waals surface area contributed by atoms with E-state index in [0.717, 1.165) is 22.4 Å². The molecule has 0 saturated heterocycles. The van der Waals surface area contributed by atoms with E-state index in [0.29, 0.717) is 0 Å². The minimum atomic E-state index is 0.851. The molecule has 1 heteroatoms. The normalized spacial score (nSPS) is 9.71. The number of ether oxygens (including phenoxy) is 1. The van der Waals surface area contributed by atoms with Crippen LogP contribution in [-0.4, -0.2) is 7.11 Å². The minimum Gasteiger partial charge on any atom is -0.497 e. The van der Waals surface area contributed by atoms with E-state index in [1.165, 1.54) is 5.56 Å². The van der Waals surface area contributed by atoms with Gasteiger partial charge in [0.25, 0.3) is 0 Å². The quantitative estimate of drug-likeness (QED) is 0.705. The van der Waals surface area contributed by atoms with Gasteiger partial charge in [0.1, 0.15) is 5.75 Å². The molecule has 0 bridgehead atoms. The van der Waals surface area contributed by atoms with Gasteiger partial charge in [0.2, 0.25) is 0 Å². The molecule has 0 unspecified atom stereocenters. The third-order valence-corrected chi connectivity index (χ3v) is 2.73. The van der Waals surface area contributed by atoms with Gasteiger partial charge < -0.3 is 4.74 Å². The van der Waals surface area contributed by atoms with Gasteiger partial charge in [-0.05, 0) is 36.2 Å². The van der Waals surface area contributed by atoms with E-state index in [9.17, 15) is 0 Å². The lowest BCUT2D eigenvalue weighted by Crippen LogP contribution is -1.87. The molecular weight excluding hydrogens is 208 g/mol. The summed E-state index contributed by atoms with van der Waals surface area (Å²) in [5, 5.41) is 0. The molecule has 17 heavy (non-hydrogen) atoms. The Morgan fingerprint density at radius 2 is 1.76 bits per heavy atom. The Kier molecular flexibility index (Phi) is 3.16. The van der Waals surface area contributed by atoms with Gasteiger partial charge in [0, 0.05) is 5.56 Å². The van der Waals surface area contributed by atoms with Crippen molar-refractivity contribution in [1.82, 2.24) is 0 Å². The van der Waals surface area contributed by atoms with Crippen LogP contribution < -0.4 is 4.74 Å². The van der Waals surface area contributed by atoms with E-state index in [-0.39, 0.29) is 0 Å². The maximum atomic E-state index is 5.52. The van der Waals surface area contributed by atoms with E-state index in [1.54, 1.807) is 7.11 Å². The van der Waals surface area contributed by atoms with Crippen molar-refractivity contribution in [3.63, 3.8) is 0 Å². The smallest absolute Gasteiger partial charge is 0.118 e. The lowest BCUT2D eigenvalue weighted by molar-refractivity contribution is 0.415. The molecule has 0 aliphatic heterocycles. The third kappa shape index (κ3) is 2.32. The van der Waals surface area contributed by atoms with Crippen LogP contribution in [0, 0.1) is 19.3 Å². The highest BCUT2D eigenvalue weighted by Crippen LogP contribution is 2.26. The van der Waals surface area contributed by atoms with Crippen LogP contribution >= 0.6 is 0 Å². The average Bonchev–Trinajstić information content (AvgIpc) is 2.39. The van der Waals surface area contributed by atoms with Gasteiger partial charge in [-0.1, -0.05) is 35.7 Å². The molecule has 0 aliphatic rings. The fourth-order valence-electron chi connectivity index (χ4n) is 1.79. The van der Waals surface area contributed by atoms with Crippen LogP contribution in [0.5, 0.6) is 5.75 Å². The molecule has 2 rings (SSSR count). The van der Waals surface area contributed by atoms with E-state index in [1.807, 2.05) is 36.4 Å². The second-order valence-electron chi connectivity index (χ2n) is 3.92. The predicted octanol–water partition coefficient (Wildman–Crippen LogP) is 3.65. The number of rotatable bonds is 2. The topological polar surface area (TPSA) is 9.23 Å². The van der Waals surface area contributed by atoms with E-state index < -0.39 is 0 Å². The second kappa shape index (κ2) is 4.76. The molecule has 1 nitrogen and oxygen atoms in total. The lowest BCUT2D eigenvalue weighted by Gasteiger charge is -2.07. The number of hydrogen-bond donors (Lipinski definition) is 0. The molecule has 0 aliphatic carbocycles. The van der Waals surface area contributed by atoms with Crippen molar-refractivity contribution in [1.29, 1.82) is 0 Å². The van der Waals surface area contributed by atoms with E-state index in [4.69, 9.17) is 11.2 Å². The van der Waals surface area contributed by atoms with Gasteiger partial charge in [-0.3, -0.25) is 0 Å². The zero-order valence-electron chi connectivity index (χ0n) is 10.0. The summed E-state index contributed by atoms with van der Waals surface area (Å²) >= 11 is 0. The van der Waals surface area contributed by atoms with Crippen LogP contribution in [0.3, 0.4) is 0 Å². The van der Waals surface area contributed by atoms with Crippen molar-refractivity contribution in [3.8, 4) is 29.2 Å². The maximum absolute atomic E-state index is 5.52. The maximum Gasteiger partial charge on any atom is 0.118 e. The second-order valence-corrected chi connectivity index (χ2v) is 3.92. The van der Waals surface area contributed by atoms with E-state index in [2.05, 4.69) is 18.9 Å². The molecule has 84 valence electrons. The van der Waals surface area contributed by atoms with Crippen LogP contribution in [-0.2, 0) is 0 Å². The molecule has 0 fully saturated rings. The average molecular weight is 222 g/mol. The molecule has 0 aromatic heterocycles. The van der Waals surface area contributed by atoms with Crippen LogP contribution in [0.1, 0.15) is 11.1 Å². The van der Waals surface area contributed by atoms with Crippen LogP contribution in [0.2, 0.25) is 0 Å². The van der Waals surface area contributed by atoms with Crippen LogP contribution in [0.25, 0.3) is 11.1 Å². The molecule has 0 N–H and O–H groups in total. The first kappa shape index (κ1) is 11.3. The molecule has 0 heterocycles. The SMILES string of the molecule is C#Cc1ccc(C)cc1-c1ccc(OC)cc1. The largest absolute Gasteiger partial charge is 0.497 e. The molecule has 0 atom stereocenters. The molecule has 0 radical (unpaired) electrons. The lowest BCUT2D eigenvalue weighted by atomic mass is 9.98. The van der Waals surface area contributed by atoms with Crippen molar-refractivity contribution >= 4 is 0 Å². The number of aryl methyl sites for hydroxylation is 1. The minimum absolute atomic E-state index is 0.851. The van der Waals surface area contributed by atoms with Crippen molar-refractivity contribution in [2.75, 3.05) is 7.11 Å². The highest BCUT2D eigenvalue weighted by atomic mass is 16.5. The van der Waals surface area contributed by atoms with Crippen molar-refractivity contribution < 1.29 is 4.74 Å². The van der Waals surface area contributed by atoms with E-state index >= 15 is 0 Å². The van der Waals surface area contributed by atoms with Gasteiger partial charge in [0.05, 0.1) is 7.11 Å². The molecule has 0 amide bonds. The Bertz CT molecular complexity index is 559. The van der Waals surface area contributed by atoms with Crippen LogP contribution in [0.4, 0.5) is 0 Å². The first-order chi connectivity index (χ1) is 8.24. The molecule has 0 spiro atoms. The standard InChI is InChI=1S/C16H14O/c1-4-13-6-5-12(2)11-16(13)14-7-9-15(17-3)10-8-14/h1,5-11H,2-3H3. The third-order valence-electron chi connectivity index (χ3n) is 2.73. The zero-order chi connectivity index (χ0) is 12.3. The highest BCUT2D eigenvalue weighted by molar-refractivity contribution is 5.72. The van der Waals surface area contributed by atoms with Crippen molar-refractivity contribution in [2.45, 2.75) is 6.92 Å².